The van der Waals surface area contributed by atoms with Crippen LogP contribution < -0.4 is 0 Å². The number of carboxylic acid groups (broad SMARTS) is 1. The Labute approximate surface area is 92.8 Å². The molecule has 1 unspecified atom stereocenters. The van der Waals surface area contributed by atoms with Crippen LogP contribution in [0.4, 0.5) is 0 Å². The monoisotopic (exact) mass is 213 g/mol. The molecule has 0 saturated carbocycles. The highest BCUT2D eigenvalue weighted by Gasteiger charge is 2.14. The van der Waals surface area contributed by atoms with Crippen molar-refractivity contribution in [1.29, 1.82) is 0 Å². The van der Waals surface area contributed by atoms with Crippen molar-refractivity contribution in [3.63, 3.8) is 0 Å². The van der Waals surface area contributed by atoms with Crippen molar-refractivity contribution in [1.82, 2.24) is 4.90 Å². The van der Waals surface area contributed by atoms with Gasteiger partial charge in [-0.2, -0.15) is 0 Å². The van der Waals surface area contributed by atoms with Gasteiger partial charge < -0.3 is 5.11 Å². The number of unbranched alkanes of at least 4 members (excludes halogenated alkanes) is 2. The van der Waals surface area contributed by atoms with Crippen LogP contribution >= 0.6 is 0 Å². The minimum absolute atomic E-state index is 0.110. The fourth-order valence-corrected chi connectivity index (χ4v) is 1.61. The molecule has 0 aromatic carbocycles. The minimum Gasteiger partial charge on any atom is -0.480 e. The molecule has 88 valence electrons. The molecule has 0 heterocycles. The normalized spacial score (nSPS) is 12.7. The van der Waals surface area contributed by atoms with Crippen LogP contribution in [0.3, 0.4) is 0 Å². The van der Waals surface area contributed by atoms with Crippen molar-refractivity contribution in [3.05, 3.63) is 12.7 Å². The second-order valence-electron chi connectivity index (χ2n) is 3.96. The van der Waals surface area contributed by atoms with E-state index in [0.29, 0.717) is 12.6 Å². The number of carbonyl (C=O) groups is 1. The summed E-state index contributed by atoms with van der Waals surface area (Å²) in [7, 11) is 0. The van der Waals surface area contributed by atoms with E-state index >= 15 is 0 Å². The number of hydrogen-bond acceptors (Lipinski definition) is 2. The Kier molecular flexibility index (Phi) is 8.01. The van der Waals surface area contributed by atoms with E-state index in [0.717, 1.165) is 6.42 Å². The fraction of sp³-hybridized carbons (Fsp3) is 0.750. The van der Waals surface area contributed by atoms with Gasteiger partial charge in [0, 0.05) is 12.6 Å². The van der Waals surface area contributed by atoms with Crippen molar-refractivity contribution in [2.24, 2.45) is 0 Å². The third-order valence-electron chi connectivity index (χ3n) is 2.55. The predicted octanol–water partition coefficient (Wildman–Crippen LogP) is 2.53. The summed E-state index contributed by atoms with van der Waals surface area (Å²) in [5, 5.41) is 8.76. The first-order chi connectivity index (χ1) is 7.11. The van der Waals surface area contributed by atoms with Crippen molar-refractivity contribution in [2.45, 2.75) is 45.6 Å². The van der Waals surface area contributed by atoms with E-state index in [4.69, 9.17) is 5.11 Å². The fourth-order valence-electron chi connectivity index (χ4n) is 1.61. The quantitative estimate of drug-likeness (QED) is 0.472. The Morgan fingerprint density at radius 3 is 2.67 bits per heavy atom. The van der Waals surface area contributed by atoms with Gasteiger partial charge in [0.25, 0.3) is 0 Å². The van der Waals surface area contributed by atoms with Gasteiger partial charge in [0.15, 0.2) is 0 Å². The van der Waals surface area contributed by atoms with Crippen molar-refractivity contribution < 1.29 is 9.90 Å². The van der Waals surface area contributed by atoms with Crippen LogP contribution in [0.25, 0.3) is 0 Å². The maximum absolute atomic E-state index is 10.6. The standard InChI is InChI=1S/C12H23NO2/c1-4-6-7-8-11(3)13(9-5-2)10-12(14)15/h5,11H,2,4,6-10H2,1,3H3,(H,14,15). The smallest absolute Gasteiger partial charge is 0.317 e. The van der Waals surface area contributed by atoms with Crippen molar-refractivity contribution >= 4 is 5.97 Å². The molecule has 0 spiro atoms. The molecule has 0 amide bonds. The predicted molar refractivity (Wildman–Crippen MR) is 63.0 cm³/mol. The van der Waals surface area contributed by atoms with E-state index in [1.165, 1.54) is 19.3 Å². The SMILES string of the molecule is C=CCN(CC(=O)O)C(C)CCCCC. The number of rotatable bonds is 9. The maximum atomic E-state index is 10.6. The topological polar surface area (TPSA) is 40.5 Å². The van der Waals surface area contributed by atoms with Gasteiger partial charge in [0.2, 0.25) is 0 Å². The summed E-state index contributed by atoms with van der Waals surface area (Å²) in [4.78, 5) is 12.6. The average molecular weight is 213 g/mol. The molecule has 0 fully saturated rings. The van der Waals surface area contributed by atoms with Crippen LogP contribution in [0.2, 0.25) is 0 Å². The van der Waals surface area contributed by atoms with Crippen LogP contribution in [0, 0.1) is 0 Å². The second-order valence-corrected chi connectivity index (χ2v) is 3.96. The molecule has 0 bridgehead atoms. The van der Waals surface area contributed by atoms with Gasteiger partial charge in [-0.1, -0.05) is 32.3 Å². The first-order valence-corrected chi connectivity index (χ1v) is 5.68. The lowest BCUT2D eigenvalue weighted by atomic mass is 10.1. The van der Waals surface area contributed by atoms with E-state index < -0.39 is 5.97 Å². The Bertz CT molecular complexity index is 192. The van der Waals surface area contributed by atoms with Gasteiger partial charge in [-0.15, -0.1) is 6.58 Å². The lowest BCUT2D eigenvalue weighted by Gasteiger charge is -2.26. The molecule has 1 N–H and O–H groups in total. The van der Waals surface area contributed by atoms with Gasteiger partial charge in [0.05, 0.1) is 6.54 Å². The van der Waals surface area contributed by atoms with Crippen molar-refractivity contribution in [3.8, 4) is 0 Å². The molecule has 0 rings (SSSR count). The number of nitrogens with zero attached hydrogens (tertiary/aromatic N) is 1. The maximum Gasteiger partial charge on any atom is 0.317 e. The summed E-state index contributed by atoms with van der Waals surface area (Å²) in [6.45, 7) is 8.67. The molecule has 3 heteroatoms. The molecule has 0 aromatic rings. The largest absolute Gasteiger partial charge is 0.480 e. The van der Waals surface area contributed by atoms with Gasteiger partial charge in [-0.3, -0.25) is 9.69 Å². The molecule has 0 aliphatic carbocycles. The Balaban J connectivity index is 3.97. The second kappa shape index (κ2) is 8.48. The molecule has 0 aliphatic heterocycles. The lowest BCUT2D eigenvalue weighted by molar-refractivity contribution is -0.138. The first-order valence-electron chi connectivity index (χ1n) is 5.68. The van der Waals surface area contributed by atoms with Gasteiger partial charge in [-0.05, 0) is 13.3 Å². The molecule has 0 aromatic heterocycles. The third kappa shape index (κ3) is 7.14. The van der Waals surface area contributed by atoms with E-state index in [9.17, 15) is 4.79 Å². The summed E-state index contributed by atoms with van der Waals surface area (Å²) >= 11 is 0. The molecule has 0 radical (unpaired) electrons. The summed E-state index contributed by atoms with van der Waals surface area (Å²) in [6.07, 6.45) is 6.42. The van der Waals surface area contributed by atoms with Crippen LogP contribution in [-0.2, 0) is 4.79 Å². The zero-order valence-electron chi connectivity index (χ0n) is 9.91. The Morgan fingerprint density at radius 1 is 1.53 bits per heavy atom. The molecule has 0 aliphatic rings. The molecular formula is C12H23NO2. The molecule has 1 atom stereocenters. The van der Waals surface area contributed by atoms with Crippen LogP contribution in [0.15, 0.2) is 12.7 Å². The van der Waals surface area contributed by atoms with E-state index in [1.807, 2.05) is 4.90 Å². The summed E-state index contributed by atoms with van der Waals surface area (Å²) < 4.78 is 0. The number of carboxylic acids is 1. The molecule has 0 saturated heterocycles. The number of aliphatic carboxylic acids is 1. The summed E-state index contributed by atoms with van der Waals surface area (Å²) in [6, 6.07) is 0.325. The summed E-state index contributed by atoms with van der Waals surface area (Å²) in [5.74, 6) is -0.765. The van der Waals surface area contributed by atoms with E-state index in [1.54, 1.807) is 6.08 Å². The molecule has 3 nitrogen and oxygen atoms in total. The van der Waals surface area contributed by atoms with E-state index in [-0.39, 0.29) is 6.54 Å². The highest BCUT2D eigenvalue weighted by Crippen LogP contribution is 2.09. The van der Waals surface area contributed by atoms with Crippen LogP contribution in [-0.4, -0.2) is 35.1 Å². The highest BCUT2D eigenvalue weighted by molar-refractivity contribution is 5.69. The van der Waals surface area contributed by atoms with Gasteiger partial charge >= 0.3 is 5.97 Å². The number of hydrogen-bond donors (Lipinski definition) is 1. The van der Waals surface area contributed by atoms with Gasteiger partial charge in [-0.25, -0.2) is 0 Å². The molecular weight excluding hydrogens is 190 g/mol. The van der Waals surface area contributed by atoms with Crippen molar-refractivity contribution in [2.75, 3.05) is 13.1 Å². The highest BCUT2D eigenvalue weighted by atomic mass is 16.4. The average Bonchev–Trinajstić information content (AvgIpc) is 2.17. The zero-order valence-corrected chi connectivity index (χ0v) is 9.91. The Morgan fingerprint density at radius 2 is 2.20 bits per heavy atom. The van der Waals surface area contributed by atoms with Gasteiger partial charge in [0.1, 0.15) is 0 Å². The van der Waals surface area contributed by atoms with Crippen LogP contribution in [0.1, 0.15) is 39.5 Å². The lowest BCUT2D eigenvalue weighted by Crippen LogP contribution is -2.37. The first kappa shape index (κ1) is 14.2. The Hall–Kier alpha value is -0.830. The third-order valence-corrected chi connectivity index (χ3v) is 2.55. The van der Waals surface area contributed by atoms with E-state index in [2.05, 4.69) is 20.4 Å². The molecule has 15 heavy (non-hydrogen) atoms. The van der Waals surface area contributed by atoms with Crippen LogP contribution in [0.5, 0.6) is 0 Å². The minimum atomic E-state index is -0.765. The zero-order chi connectivity index (χ0) is 11.7. The summed E-state index contributed by atoms with van der Waals surface area (Å²) in [5.41, 5.74) is 0.